The first-order valence-electron chi connectivity index (χ1n) is 12.9. The van der Waals surface area contributed by atoms with Gasteiger partial charge in [0, 0.05) is 23.8 Å². The van der Waals surface area contributed by atoms with Crippen molar-refractivity contribution in [1.82, 2.24) is 0 Å². The normalized spacial score (nSPS) is 17.0. The molecule has 3 aromatic carbocycles. The summed E-state index contributed by atoms with van der Waals surface area (Å²) in [6.07, 6.45) is 1.41. The van der Waals surface area contributed by atoms with E-state index in [1.807, 2.05) is 38.1 Å². The van der Waals surface area contributed by atoms with Crippen molar-refractivity contribution in [3.8, 4) is 11.8 Å². The highest BCUT2D eigenvalue weighted by Crippen LogP contribution is 2.48. The molecule has 1 atom stereocenters. The van der Waals surface area contributed by atoms with Gasteiger partial charge in [-0.15, -0.1) is 0 Å². The maximum absolute atomic E-state index is 13.6. The van der Waals surface area contributed by atoms with Gasteiger partial charge in [0.05, 0.1) is 27.5 Å². The molecule has 0 saturated heterocycles. The van der Waals surface area contributed by atoms with Crippen LogP contribution in [0.2, 0.25) is 5.02 Å². The molecule has 2 N–H and O–H groups in total. The molecule has 202 valence electrons. The molecule has 0 spiro atoms. The Morgan fingerprint density at radius 3 is 2.58 bits per heavy atom. The molecule has 0 fully saturated rings. The fraction of sp³-hybridized carbons (Fsp3) is 0.226. The topological polar surface area (TPSA) is 122 Å². The lowest BCUT2D eigenvalue weighted by atomic mass is 9.74. The van der Waals surface area contributed by atoms with E-state index in [9.17, 15) is 20.2 Å². The van der Waals surface area contributed by atoms with Gasteiger partial charge in [-0.25, -0.2) is 0 Å². The number of para-hydroxylation sites is 3. The van der Waals surface area contributed by atoms with Gasteiger partial charge >= 0.3 is 0 Å². The molecule has 2 aliphatic rings. The molecule has 40 heavy (non-hydrogen) atoms. The van der Waals surface area contributed by atoms with Gasteiger partial charge in [0.1, 0.15) is 23.9 Å². The zero-order valence-corrected chi connectivity index (χ0v) is 22.9. The zero-order chi connectivity index (χ0) is 28.6. The quantitative estimate of drug-likeness (QED) is 0.264. The molecular formula is C31H27ClN4O4. The predicted molar refractivity (Wildman–Crippen MR) is 153 cm³/mol. The first-order valence-corrected chi connectivity index (χ1v) is 13.3. The molecule has 1 aliphatic heterocycles. The number of nitrogens with zero attached hydrogens (tertiary/aromatic N) is 3. The number of rotatable bonds is 6. The Kier molecular flexibility index (Phi) is 7.33. The summed E-state index contributed by atoms with van der Waals surface area (Å²) in [4.78, 5) is 26.5. The molecule has 0 aromatic heterocycles. The fourth-order valence-corrected chi connectivity index (χ4v) is 5.77. The number of carbonyl (C=O) groups excluding carboxylic acids is 1. The number of nitro benzene ring substituents is 1. The maximum Gasteiger partial charge on any atom is 0.293 e. The lowest BCUT2D eigenvalue weighted by molar-refractivity contribution is -0.384. The highest BCUT2D eigenvalue weighted by Gasteiger charge is 2.42. The van der Waals surface area contributed by atoms with Crippen molar-refractivity contribution in [2.24, 2.45) is 5.73 Å². The van der Waals surface area contributed by atoms with E-state index in [0.717, 1.165) is 22.3 Å². The largest absolute Gasteiger partial charge is 0.487 e. The van der Waals surface area contributed by atoms with Crippen molar-refractivity contribution in [2.45, 2.75) is 45.6 Å². The van der Waals surface area contributed by atoms with Gasteiger partial charge in [-0.05, 0) is 67.1 Å². The molecule has 1 unspecified atom stereocenters. The SMILES string of the molecule is Cc1cc(C)c(C2C(C#N)=C(N)N(c3ccccc3[N+](=O)[O-])C3=C2C(=O)CCC3)cc1COc1ccccc1Cl. The molecule has 9 heteroatoms. The second kappa shape index (κ2) is 10.9. The summed E-state index contributed by atoms with van der Waals surface area (Å²) in [5.41, 5.74) is 11.5. The number of Topliss-reactive ketones (excluding diaryl/α,β-unsaturated/α-hetero) is 1. The number of halogens is 1. The Morgan fingerprint density at radius 2 is 1.85 bits per heavy atom. The summed E-state index contributed by atoms with van der Waals surface area (Å²) >= 11 is 6.28. The molecular weight excluding hydrogens is 528 g/mol. The summed E-state index contributed by atoms with van der Waals surface area (Å²) in [6, 6.07) is 19.6. The van der Waals surface area contributed by atoms with Crippen LogP contribution in [-0.4, -0.2) is 10.7 Å². The predicted octanol–water partition coefficient (Wildman–Crippen LogP) is 6.75. The average Bonchev–Trinajstić information content (AvgIpc) is 2.93. The van der Waals surface area contributed by atoms with Gasteiger partial charge in [0.15, 0.2) is 5.78 Å². The van der Waals surface area contributed by atoms with E-state index in [1.165, 1.54) is 11.0 Å². The van der Waals surface area contributed by atoms with E-state index in [-0.39, 0.29) is 35.2 Å². The Hall–Kier alpha value is -4.61. The third-order valence-electron chi connectivity index (χ3n) is 7.49. The number of benzene rings is 3. The minimum absolute atomic E-state index is 0.0871. The number of ketones is 1. The minimum Gasteiger partial charge on any atom is -0.487 e. The highest BCUT2D eigenvalue weighted by molar-refractivity contribution is 6.32. The number of hydrogen-bond donors (Lipinski definition) is 1. The molecule has 5 rings (SSSR count). The van der Waals surface area contributed by atoms with Gasteiger partial charge in [0.2, 0.25) is 0 Å². The van der Waals surface area contributed by atoms with E-state index in [1.54, 1.807) is 30.3 Å². The van der Waals surface area contributed by atoms with Gasteiger partial charge in [-0.3, -0.25) is 19.8 Å². The van der Waals surface area contributed by atoms with Gasteiger partial charge in [-0.1, -0.05) is 48.0 Å². The van der Waals surface area contributed by atoms with Crippen LogP contribution in [0.4, 0.5) is 11.4 Å². The van der Waals surface area contributed by atoms with Crippen LogP contribution in [0.15, 0.2) is 83.3 Å². The van der Waals surface area contributed by atoms with Crippen molar-refractivity contribution in [2.75, 3.05) is 4.90 Å². The second-order valence-corrected chi connectivity index (χ2v) is 10.3. The van der Waals surface area contributed by atoms with E-state index < -0.39 is 10.8 Å². The standard InChI is InChI=1S/C31H27ClN4O4/c1-18-14-19(2)21(15-20(18)17-40-28-13-6-3-8-23(28)32)29-22(16-33)31(34)35(26-11-7-12-27(37)30(26)29)24-9-4-5-10-25(24)36(38)39/h3-6,8-10,13-15,29H,7,11-12,17,34H2,1-2H3. The Bertz CT molecular complexity index is 1650. The number of carbonyl (C=O) groups is 1. The number of allylic oxidation sites excluding steroid dienone is 3. The number of aryl methyl sites for hydroxylation is 2. The van der Waals surface area contributed by atoms with Gasteiger partial charge < -0.3 is 10.5 Å². The fourth-order valence-electron chi connectivity index (χ4n) is 5.58. The van der Waals surface area contributed by atoms with Crippen LogP contribution >= 0.6 is 11.6 Å². The van der Waals surface area contributed by atoms with Crippen molar-refractivity contribution in [3.05, 3.63) is 121 Å². The van der Waals surface area contributed by atoms with Crippen LogP contribution in [0.3, 0.4) is 0 Å². The van der Waals surface area contributed by atoms with Gasteiger partial charge in [-0.2, -0.15) is 5.26 Å². The number of nitriles is 1. The maximum atomic E-state index is 13.6. The molecule has 0 radical (unpaired) electrons. The summed E-state index contributed by atoms with van der Waals surface area (Å²) in [7, 11) is 0. The monoisotopic (exact) mass is 554 g/mol. The van der Waals surface area contributed by atoms with Crippen LogP contribution in [-0.2, 0) is 11.4 Å². The van der Waals surface area contributed by atoms with Crippen molar-refractivity contribution in [1.29, 1.82) is 5.26 Å². The summed E-state index contributed by atoms with van der Waals surface area (Å²) in [5, 5.41) is 22.8. The Labute approximate surface area is 237 Å². The van der Waals surface area contributed by atoms with Crippen molar-refractivity contribution < 1.29 is 14.5 Å². The Balaban J connectivity index is 1.66. The molecule has 1 heterocycles. The minimum atomic E-state index is -0.702. The summed E-state index contributed by atoms with van der Waals surface area (Å²) in [5.74, 6) is -0.155. The van der Waals surface area contributed by atoms with E-state index in [2.05, 4.69) is 6.07 Å². The average molecular weight is 555 g/mol. The third kappa shape index (κ3) is 4.69. The van der Waals surface area contributed by atoms with E-state index in [4.69, 9.17) is 22.1 Å². The van der Waals surface area contributed by atoms with E-state index >= 15 is 0 Å². The number of hydrogen-bond acceptors (Lipinski definition) is 7. The van der Waals surface area contributed by atoms with Crippen LogP contribution in [0.1, 0.15) is 47.4 Å². The number of nitro groups is 1. The van der Waals surface area contributed by atoms with Crippen LogP contribution in [0.5, 0.6) is 5.75 Å². The van der Waals surface area contributed by atoms with Crippen molar-refractivity contribution >= 4 is 28.8 Å². The smallest absolute Gasteiger partial charge is 0.293 e. The molecule has 0 amide bonds. The van der Waals surface area contributed by atoms with E-state index in [0.29, 0.717) is 41.3 Å². The number of ether oxygens (including phenoxy) is 1. The van der Waals surface area contributed by atoms with Crippen molar-refractivity contribution in [3.63, 3.8) is 0 Å². The van der Waals surface area contributed by atoms with Gasteiger partial charge in [0.25, 0.3) is 5.69 Å². The molecule has 1 aliphatic carbocycles. The molecule has 8 nitrogen and oxygen atoms in total. The molecule has 0 bridgehead atoms. The summed E-state index contributed by atoms with van der Waals surface area (Å²) < 4.78 is 6.01. The first kappa shape index (κ1) is 27.0. The van der Waals surface area contributed by atoms with Crippen LogP contribution in [0.25, 0.3) is 0 Å². The Morgan fingerprint density at radius 1 is 1.12 bits per heavy atom. The third-order valence-corrected chi connectivity index (χ3v) is 7.80. The van der Waals surface area contributed by atoms with Crippen LogP contribution < -0.4 is 15.4 Å². The number of nitrogens with two attached hydrogens (primary N) is 1. The summed E-state index contributed by atoms with van der Waals surface area (Å²) in [6.45, 7) is 4.15. The van der Waals surface area contributed by atoms with Crippen LogP contribution in [0, 0.1) is 35.3 Å². The molecule has 3 aromatic rings. The molecule has 0 saturated carbocycles. The first-order chi connectivity index (χ1) is 19.2. The zero-order valence-electron chi connectivity index (χ0n) is 22.1. The lowest BCUT2D eigenvalue weighted by Crippen LogP contribution is -2.39. The lowest BCUT2D eigenvalue weighted by Gasteiger charge is -2.39. The highest BCUT2D eigenvalue weighted by atomic mass is 35.5. The second-order valence-electron chi connectivity index (χ2n) is 9.92. The number of anilines is 1.